The highest BCUT2D eigenvalue weighted by Gasteiger charge is 2.23. The van der Waals surface area contributed by atoms with Gasteiger partial charge in [0.25, 0.3) is 5.91 Å². The number of imidazole rings is 1. The zero-order chi connectivity index (χ0) is 16.9. The van der Waals surface area contributed by atoms with Gasteiger partial charge >= 0.3 is 6.03 Å². The molecule has 8 heteroatoms. The molecule has 0 saturated heterocycles. The predicted octanol–water partition coefficient (Wildman–Crippen LogP) is 0.770. The summed E-state index contributed by atoms with van der Waals surface area (Å²) >= 11 is 0. The monoisotopic (exact) mass is 329 g/mol. The molecule has 2 heterocycles. The van der Waals surface area contributed by atoms with Crippen LogP contribution in [-0.4, -0.2) is 44.7 Å². The van der Waals surface area contributed by atoms with Crippen LogP contribution in [0.1, 0.15) is 21.9 Å². The number of aromatic nitrogens is 2. The van der Waals surface area contributed by atoms with Crippen LogP contribution in [-0.2, 0) is 19.5 Å². The first-order chi connectivity index (χ1) is 11.7. The Kier molecular flexibility index (Phi) is 4.76. The Labute approximate surface area is 139 Å². The molecule has 0 aliphatic carbocycles. The van der Waals surface area contributed by atoms with Crippen molar-refractivity contribution in [1.82, 2.24) is 25.2 Å². The summed E-state index contributed by atoms with van der Waals surface area (Å²) in [6.45, 7) is 2.00. The molecule has 1 aromatic heterocycles. The number of nitrogens with one attached hydrogen (secondary N) is 2. The molecule has 126 valence electrons. The number of benzene rings is 1. The normalized spacial score (nSPS) is 13.3. The van der Waals surface area contributed by atoms with Crippen molar-refractivity contribution >= 4 is 11.9 Å². The van der Waals surface area contributed by atoms with Crippen molar-refractivity contribution in [3.05, 3.63) is 53.6 Å². The SMILES string of the molecule is O=C(NO)c1cn2c(n1)CN(C(=O)NCCc1ccccc1)CC2. The number of hydrogen-bond acceptors (Lipinski definition) is 4. The molecule has 24 heavy (non-hydrogen) atoms. The van der Waals surface area contributed by atoms with Gasteiger partial charge in [-0.1, -0.05) is 30.3 Å². The van der Waals surface area contributed by atoms with Crippen LogP contribution in [0.5, 0.6) is 0 Å². The van der Waals surface area contributed by atoms with E-state index >= 15 is 0 Å². The topological polar surface area (TPSA) is 99.5 Å². The van der Waals surface area contributed by atoms with E-state index < -0.39 is 5.91 Å². The number of hydroxylamine groups is 1. The number of hydrogen-bond donors (Lipinski definition) is 3. The van der Waals surface area contributed by atoms with Crippen molar-refractivity contribution in [1.29, 1.82) is 0 Å². The third-order valence-electron chi connectivity index (χ3n) is 3.96. The fourth-order valence-electron chi connectivity index (χ4n) is 2.66. The second kappa shape index (κ2) is 7.14. The summed E-state index contributed by atoms with van der Waals surface area (Å²) in [7, 11) is 0. The smallest absolute Gasteiger partial charge is 0.317 e. The Morgan fingerprint density at radius 1 is 1.21 bits per heavy atom. The van der Waals surface area contributed by atoms with Crippen molar-refractivity contribution in [2.75, 3.05) is 13.1 Å². The number of fused-ring (bicyclic) bond motifs is 1. The van der Waals surface area contributed by atoms with Gasteiger partial charge in [0, 0.05) is 25.8 Å². The zero-order valence-corrected chi connectivity index (χ0v) is 13.1. The maximum atomic E-state index is 12.3. The first-order valence-electron chi connectivity index (χ1n) is 7.74. The van der Waals surface area contributed by atoms with Gasteiger partial charge in [-0.2, -0.15) is 0 Å². The molecule has 0 unspecified atom stereocenters. The minimum absolute atomic E-state index is 0.138. The molecule has 0 bridgehead atoms. The minimum Gasteiger partial charge on any atom is -0.338 e. The van der Waals surface area contributed by atoms with Crippen LogP contribution in [0, 0.1) is 0 Å². The number of amides is 3. The maximum Gasteiger partial charge on any atom is 0.317 e. The second-order valence-electron chi connectivity index (χ2n) is 5.57. The molecule has 1 aromatic carbocycles. The van der Waals surface area contributed by atoms with Crippen LogP contribution in [0.2, 0.25) is 0 Å². The summed E-state index contributed by atoms with van der Waals surface area (Å²) < 4.78 is 1.82. The van der Waals surface area contributed by atoms with Crippen molar-refractivity contribution in [2.45, 2.75) is 19.5 Å². The number of rotatable bonds is 4. The molecular formula is C16H19N5O3. The van der Waals surface area contributed by atoms with E-state index in [-0.39, 0.29) is 11.7 Å². The molecule has 8 nitrogen and oxygen atoms in total. The Hall–Kier alpha value is -2.87. The molecule has 1 aliphatic rings. The van der Waals surface area contributed by atoms with Crippen molar-refractivity contribution in [3.63, 3.8) is 0 Å². The molecule has 1 aliphatic heterocycles. The fraction of sp³-hybridized carbons (Fsp3) is 0.312. The van der Waals surface area contributed by atoms with E-state index in [1.54, 1.807) is 16.6 Å². The van der Waals surface area contributed by atoms with Gasteiger partial charge < -0.3 is 14.8 Å². The third-order valence-corrected chi connectivity index (χ3v) is 3.96. The lowest BCUT2D eigenvalue weighted by Gasteiger charge is -2.27. The average molecular weight is 329 g/mol. The minimum atomic E-state index is -0.657. The molecule has 2 aromatic rings. The van der Waals surface area contributed by atoms with Crippen molar-refractivity contribution < 1.29 is 14.8 Å². The number of nitrogens with zero attached hydrogens (tertiary/aromatic N) is 3. The predicted molar refractivity (Wildman–Crippen MR) is 85.4 cm³/mol. The van der Waals surface area contributed by atoms with Crippen LogP contribution >= 0.6 is 0 Å². The van der Waals surface area contributed by atoms with Gasteiger partial charge in [0.15, 0.2) is 0 Å². The maximum absolute atomic E-state index is 12.3. The molecular weight excluding hydrogens is 310 g/mol. The molecule has 0 fully saturated rings. The van der Waals surface area contributed by atoms with E-state index in [0.717, 1.165) is 6.42 Å². The summed E-state index contributed by atoms with van der Waals surface area (Å²) in [5, 5.41) is 11.6. The standard InChI is InChI=1S/C16H19N5O3/c22-15(19-24)13-10-20-8-9-21(11-14(20)18-13)16(23)17-7-6-12-4-2-1-3-5-12/h1-5,10,24H,6-9,11H2,(H,17,23)(H,19,22). The van der Waals surface area contributed by atoms with Gasteiger partial charge in [0.05, 0.1) is 6.54 Å². The molecule has 0 saturated carbocycles. The Balaban J connectivity index is 1.54. The summed E-state index contributed by atoms with van der Waals surface area (Å²) in [6.07, 6.45) is 2.35. The summed E-state index contributed by atoms with van der Waals surface area (Å²) in [6, 6.07) is 9.82. The molecule has 0 atom stereocenters. The Morgan fingerprint density at radius 2 is 2.00 bits per heavy atom. The molecule has 3 N–H and O–H groups in total. The molecule has 0 radical (unpaired) electrons. The lowest BCUT2D eigenvalue weighted by atomic mass is 10.1. The second-order valence-corrected chi connectivity index (χ2v) is 5.57. The summed E-state index contributed by atoms with van der Waals surface area (Å²) in [5.74, 6) is -0.0335. The lowest BCUT2D eigenvalue weighted by Crippen LogP contribution is -2.44. The summed E-state index contributed by atoms with van der Waals surface area (Å²) in [5.41, 5.74) is 2.87. The first kappa shape index (κ1) is 16.0. The van der Waals surface area contributed by atoms with Crippen LogP contribution in [0.3, 0.4) is 0 Å². The van der Waals surface area contributed by atoms with E-state index in [9.17, 15) is 9.59 Å². The average Bonchev–Trinajstić information content (AvgIpc) is 3.05. The zero-order valence-electron chi connectivity index (χ0n) is 13.1. The molecule has 3 rings (SSSR count). The van der Waals surface area contributed by atoms with E-state index in [2.05, 4.69) is 10.3 Å². The van der Waals surface area contributed by atoms with Crippen LogP contribution < -0.4 is 10.8 Å². The van der Waals surface area contributed by atoms with Crippen LogP contribution in [0.25, 0.3) is 0 Å². The van der Waals surface area contributed by atoms with Gasteiger partial charge in [0.2, 0.25) is 0 Å². The highest BCUT2D eigenvalue weighted by Crippen LogP contribution is 2.13. The highest BCUT2D eigenvalue weighted by molar-refractivity contribution is 5.91. The highest BCUT2D eigenvalue weighted by atomic mass is 16.5. The van der Waals surface area contributed by atoms with E-state index in [1.807, 2.05) is 34.9 Å². The van der Waals surface area contributed by atoms with Crippen LogP contribution in [0.15, 0.2) is 36.5 Å². The summed E-state index contributed by atoms with van der Waals surface area (Å²) in [4.78, 5) is 29.5. The van der Waals surface area contributed by atoms with E-state index in [1.165, 1.54) is 5.56 Å². The quantitative estimate of drug-likeness (QED) is 0.570. The molecule has 3 amide bonds. The van der Waals surface area contributed by atoms with Crippen molar-refractivity contribution in [3.8, 4) is 0 Å². The third kappa shape index (κ3) is 3.54. The van der Waals surface area contributed by atoms with Crippen molar-refractivity contribution in [2.24, 2.45) is 0 Å². The number of carbonyl (C=O) groups is 2. The van der Waals surface area contributed by atoms with E-state index in [0.29, 0.717) is 32.0 Å². The Bertz CT molecular complexity index is 729. The Morgan fingerprint density at radius 3 is 2.75 bits per heavy atom. The largest absolute Gasteiger partial charge is 0.338 e. The van der Waals surface area contributed by atoms with Gasteiger partial charge in [0.1, 0.15) is 11.5 Å². The van der Waals surface area contributed by atoms with Gasteiger partial charge in [-0.05, 0) is 12.0 Å². The first-order valence-corrected chi connectivity index (χ1v) is 7.74. The lowest BCUT2D eigenvalue weighted by molar-refractivity contribution is 0.0701. The fourth-order valence-corrected chi connectivity index (χ4v) is 2.66. The number of carbonyl (C=O) groups excluding carboxylic acids is 2. The molecule has 0 spiro atoms. The number of urea groups is 1. The van der Waals surface area contributed by atoms with Gasteiger partial charge in [-0.25, -0.2) is 15.3 Å². The van der Waals surface area contributed by atoms with Crippen LogP contribution in [0.4, 0.5) is 4.79 Å². The van der Waals surface area contributed by atoms with E-state index in [4.69, 9.17) is 5.21 Å². The van der Waals surface area contributed by atoms with Gasteiger partial charge in [-0.15, -0.1) is 0 Å². The van der Waals surface area contributed by atoms with Gasteiger partial charge in [-0.3, -0.25) is 10.0 Å².